The van der Waals surface area contributed by atoms with Gasteiger partial charge in [0.25, 0.3) is 5.91 Å². The highest BCUT2D eigenvalue weighted by molar-refractivity contribution is 6.33. The number of piperidine rings is 1. The number of aromatic nitrogens is 1. The first-order valence-corrected chi connectivity index (χ1v) is 6.93. The summed E-state index contributed by atoms with van der Waals surface area (Å²) in [4.78, 5) is 28.9. The average Bonchev–Trinajstić information content (AvgIpc) is 2.37. The molecule has 0 bridgehead atoms. The molecule has 0 radical (unpaired) electrons. The van der Waals surface area contributed by atoms with Gasteiger partial charge in [-0.2, -0.15) is 0 Å². The van der Waals surface area contributed by atoms with Crippen molar-refractivity contribution in [2.45, 2.75) is 19.8 Å². The molecule has 5 nitrogen and oxygen atoms in total. The molecule has 0 atom stereocenters. The zero-order chi connectivity index (χ0) is 14.9. The number of carboxylic acid groups (broad SMARTS) is 1. The lowest BCUT2D eigenvalue weighted by molar-refractivity contribution is -0.150. The van der Waals surface area contributed by atoms with Crippen molar-refractivity contribution in [1.29, 1.82) is 0 Å². The van der Waals surface area contributed by atoms with Crippen LogP contribution >= 0.6 is 23.2 Å². The molecule has 2 rings (SSSR count). The monoisotopic (exact) mass is 316 g/mol. The fourth-order valence-corrected chi connectivity index (χ4v) is 2.65. The van der Waals surface area contributed by atoms with Crippen molar-refractivity contribution < 1.29 is 14.7 Å². The zero-order valence-electron chi connectivity index (χ0n) is 10.9. The summed E-state index contributed by atoms with van der Waals surface area (Å²) in [5.41, 5.74) is -0.390. The smallest absolute Gasteiger partial charge is 0.309 e. The van der Waals surface area contributed by atoms with E-state index in [0.29, 0.717) is 31.5 Å². The Morgan fingerprint density at radius 3 is 2.20 bits per heavy atom. The molecule has 0 aliphatic carbocycles. The third kappa shape index (κ3) is 3.04. The second-order valence-electron chi connectivity index (χ2n) is 5.16. The minimum atomic E-state index is -0.820. The Bertz CT molecular complexity index is 534. The summed E-state index contributed by atoms with van der Waals surface area (Å²) >= 11 is 11.6. The van der Waals surface area contributed by atoms with E-state index in [-0.39, 0.29) is 16.2 Å². The summed E-state index contributed by atoms with van der Waals surface area (Å²) < 4.78 is 0. The Kier molecular flexibility index (Phi) is 4.20. The Morgan fingerprint density at radius 2 is 1.75 bits per heavy atom. The molecule has 1 fully saturated rings. The highest BCUT2D eigenvalue weighted by atomic mass is 35.5. The molecule has 1 aliphatic rings. The number of carboxylic acids is 1. The molecule has 7 heteroatoms. The van der Waals surface area contributed by atoms with E-state index in [1.807, 2.05) is 0 Å². The number of carbonyl (C=O) groups excluding carboxylic acids is 1. The average molecular weight is 317 g/mol. The van der Waals surface area contributed by atoms with Crippen molar-refractivity contribution in [2.24, 2.45) is 5.41 Å². The fraction of sp³-hybridized carbons (Fsp3) is 0.462. The Hall–Kier alpha value is -1.33. The summed E-state index contributed by atoms with van der Waals surface area (Å²) in [6.45, 7) is 2.51. The minimum absolute atomic E-state index is 0.160. The molecule has 0 spiro atoms. The van der Waals surface area contributed by atoms with Crippen LogP contribution in [0.25, 0.3) is 0 Å². The number of hydrogen-bond acceptors (Lipinski definition) is 3. The summed E-state index contributed by atoms with van der Waals surface area (Å²) in [5.74, 6) is -1.02. The van der Waals surface area contributed by atoms with E-state index in [9.17, 15) is 9.59 Å². The number of rotatable bonds is 2. The van der Waals surface area contributed by atoms with E-state index >= 15 is 0 Å². The number of hydrogen-bond donors (Lipinski definition) is 1. The van der Waals surface area contributed by atoms with Crippen LogP contribution in [0.1, 0.15) is 30.1 Å². The first-order chi connectivity index (χ1) is 9.32. The van der Waals surface area contributed by atoms with E-state index in [1.165, 1.54) is 12.1 Å². The van der Waals surface area contributed by atoms with E-state index < -0.39 is 11.4 Å². The van der Waals surface area contributed by atoms with Crippen LogP contribution < -0.4 is 0 Å². The number of amides is 1. The van der Waals surface area contributed by atoms with E-state index in [1.54, 1.807) is 11.8 Å². The molecule has 1 aliphatic heterocycles. The topological polar surface area (TPSA) is 70.5 Å². The number of likely N-dealkylation sites (tertiary alicyclic amines) is 1. The predicted octanol–water partition coefficient (Wildman–Crippen LogP) is 2.72. The Balaban J connectivity index is 2.10. The van der Waals surface area contributed by atoms with Crippen molar-refractivity contribution in [2.75, 3.05) is 13.1 Å². The number of halogens is 2. The molecule has 2 heterocycles. The van der Waals surface area contributed by atoms with Crippen LogP contribution in [0.15, 0.2) is 12.1 Å². The predicted molar refractivity (Wildman–Crippen MR) is 75.1 cm³/mol. The molecule has 1 saturated heterocycles. The number of aliphatic carboxylic acids is 1. The second kappa shape index (κ2) is 5.58. The van der Waals surface area contributed by atoms with Crippen molar-refractivity contribution in [3.63, 3.8) is 0 Å². The van der Waals surface area contributed by atoms with Gasteiger partial charge in [-0.3, -0.25) is 9.59 Å². The van der Waals surface area contributed by atoms with Crippen LogP contribution in [0, 0.1) is 5.41 Å². The molecule has 0 saturated carbocycles. The van der Waals surface area contributed by atoms with Gasteiger partial charge in [-0.1, -0.05) is 23.2 Å². The SMILES string of the molecule is CC1(C(=O)O)CCN(C(=O)c2cc(Cl)nc(Cl)c2)CC1. The maximum absolute atomic E-state index is 12.3. The van der Waals surface area contributed by atoms with Crippen LogP contribution in [0.4, 0.5) is 0 Å². The van der Waals surface area contributed by atoms with E-state index in [4.69, 9.17) is 28.3 Å². The third-order valence-electron chi connectivity index (χ3n) is 3.68. The van der Waals surface area contributed by atoms with Gasteiger partial charge in [0.2, 0.25) is 0 Å². The van der Waals surface area contributed by atoms with Crippen LogP contribution in [0.3, 0.4) is 0 Å². The summed E-state index contributed by atoms with van der Waals surface area (Å²) in [7, 11) is 0. The van der Waals surface area contributed by atoms with Crippen molar-refractivity contribution in [3.05, 3.63) is 28.0 Å². The summed E-state index contributed by atoms with van der Waals surface area (Å²) in [6.07, 6.45) is 0.862. The number of nitrogens with zero attached hydrogens (tertiary/aromatic N) is 2. The Morgan fingerprint density at radius 1 is 1.25 bits per heavy atom. The number of carbonyl (C=O) groups is 2. The summed E-state index contributed by atoms with van der Waals surface area (Å²) in [5, 5.41) is 9.49. The molecular weight excluding hydrogens is 303 g/mol. The largest absolute Gasteiger partial charge is 0.481 e. The lowest BCUT2D eigenvalue weighted by Crippen LogP contribution is -2.45. The van der Waals surface area contributed by atoms with E-state index in [0.717, 1.165) is 0 Å². The quantitative estimate of drug-likeness (QED) is 0.852. The van der Waals surface area contributed by atoms with Gasteiger partial charge in [0.05, 0.1) is 5.41 Å². The van der Waals surface area contributed by atoms with Crippen molar-refractivity contribution in [1.82, 2.24) is 9.88 Å². The second-order valence-corrected chi connectivity index (χ2v) is 5.93. The summed E-state index contributed by atoms with van der Waals surface area (Å²) in [6, 6.07) is 2.92. The molecule has 20 heavy (non-hydrogen) atoms. The molecule has 0 unspecified atom stereocenters. The first kappa shape index (κ1) is 15.1. The van der Waals surface area contributed by atoms with Gasteiger partial charge in [-0.25, -0.2) is 4.98 Å². The third-order valence-corrected chi connectivity index (χ3v) is 4.07. The van der Waals surface area contributed by atoms with Gasteiger partial charge in [-0.05, 0) is 31.9 Å². The highest BCUT2D eigenvalue weighted by Gasteiger charge is 2.38. The van der Waals surface area contributed by atoms with Crippen molar-refractivity contribution >= 4 is 35.1 Å². The van der Waals surface area contributed by atoms with Crippen LogP contribution in [-0.2, 0) is 4.79 Å². The van der Waals surface area contributed by atoms with Gasteiger partial charge >= 0.3 is 5.97 Å². The van der Waals surface area contributed by atoms with Crippen LogP contribution in [-0.4, -0.2) is 40.0 Å². The lowest BCUT2D eigenvalue weighted by atomic mass is 9.80. The fourth-order valence-electron chi connectivity index (χ4n) is 2.19. The molecule has 1 N–H and O–H groups in total. The first-order valence-electron chi connectivity index (χ1n) is 6.17. The Labute approximate surface area is 126 Å². The minimum Gasteiger partial charge on any atom is -0.481 e. The molecule has 0 aromatic carbocycles. The molecular formula is C13H14Cl2N2O3. The molecule has 1 aromatic heterocycles. The van der Waals surface area contributed by atoms with Gasteiger partial charge in [-0.15, -0.1) is 0 Å². The molecule has 1 aromatic rings. The molecule has 1 amide bonds. The van der Waals surface area contributed by atoms with Crippen LogP contribution in [0.5, 0.6) is 0 Å². The van der Waals surface area contributed by atoms with Gasteiger partial charge in [0, 0.05) is 18.7 Å². The maximum atomic E-state index is 12.3. The maximum Gasteiger partial charge on any atom is 0.309 e. The van der Waals surface area contributed by atoms with E-state index in [2.05, 4.69) is 4.98 Å². The molecule has 108 valence electrons. The highest BCUT2D eigenvalue weighted by Crippen LogP contribution is 2.31. The normalized spacial score (nSPS) is 17.9. The zero-order valence-corrected chi connectivity index (χ0v) is 12.4. The van der Waals surface area contributed by atoms with Crippen molar-refractivity contribution in [3.8, 4) is 0 Å². The lowest BCUT2D eigenvalue weighted by Gasteiger charge is -2.36. The standard InChI is InChI=1S/C13H14Cl2N2O3/c1-13(12(19)20)2-4-17(5-3-13)11(18)8-6-9(14)16-10(15)7-8/h6-7H,2-5H2,1H3,(H,19,20). The van der Waals surface area contributed by atoms with Gasteiger partial charge in [0.1, 0.15) is 10.3 Å². The van der Waals surface area contributed by atoms with Gasteiger partial charge < -0.3 is 10.0 Å². The van der Waals surface area contributed by atoms with Gasteiger partial charge in [0.15, 0.2) is 0 Å². The van der Waals surface area contributed by atoms with Crippen LogP contribution in [0.2, 0.25) is 10.3 Å². The number of pyridine rings is 1.